The number of halogens is 5. The Labute approximate surface area is 260 Å². The molecule has 0 N–H and O–H groups in total. The fraction of sp³-hybridized carbons (Fsp3) is 0.290. The molecule has 0 aliphatic carbocycles. The van der Waals surface area contributed by atoms with Gasteiger partial charge in [0.2, 0.25) is 5.91 Å². The molecule has 1 saturated heterocycles. The van der Waals surface area contributed by atoms with Gasteiger partial charge in [-0.25, -0.2) is 31.5 Å². The van der Waals surface area contributed by atoms with Gasteiger partial charge in [-0.2, -0.15) is 18.2 Å². The predicted molar refractivity (Wildman–Crippen MR) is 162 cm³/mol. The van der Waals surface area contributed by atoms with Gasteiger partial charge in [-0.1, -0.05) is 31.7 Å². The third kappa shape index (κ3) is 5.74. The number of pyridine rings is 1. The van der Waals surface area contributed by atoms with E-state index in [9.17, 15) is 31.2 Å². The smallest absolute Gasteiger partial charge is 0.350 e. The van der Waals surface area contributed by atoms with Gasteiger partial charge >= 0.3 is 11.9 Å². The Bertz CT molecular complexity index is 2060. The van der Waals surface area contributed by atoms with Crippen molar-refractivity contribution in [1.82, 2.24) is 19.4 Å². The summed E-state index contributed by atoms with van der Waals surface area (Å²) in [7, 11) is -4.01. The summed E-state index contributed by atoms with van der Waals surface area (Å²) in [5, 5.41) is -0.147. The first-order valence-electron chi connectivity index (χ1n) is 14.1. The van der Waals surface area contributed by atoms with Gasteiger partial charge < -0.3 is 9.80 Å². The monoisotopic (exact) mass is 661 g/mol. The quantitative estimate of drug-likeness (QED) is 0.213. The number of rotatable bonds is 6. The highest BCUT2D eigenvalue weighted by Gasteiger charge is 2.37. The van der Waals surface area contributed by atoms with Crippen LogP contribution < -0.4 is 10.6 Å². The van der Waals surface area contributed by atoms with Gasteiger partial charge in [0.15, 0.2) is 21.3 Å². The van der Waals surface area contributed by atoms with Crippen LogP contribution >= 0.6 is 0 Å². The molecule has 1 aliphatic rings. The van der Waals surface area contributed by atoms with Crippen LogP contribution in [-0.4, -0.2) is 65.7 Å². The Morgan fingerprint density at radius 3 is 2.39 bits per heavy atom. The number of hydrogen-bond donors (Lipinski definition) is 0. The zero-order valence-corrected chi connectivity index (χ0v) is 25.7. The highest BCUT2D eigenvalue weighted by atomic mass is 32.2. The van der Waals surface area contributed by atoms with E-state index in [1.165, 1.54) is 17.0 Å². The van der Waals surface area contributed by atoms with Crippen molar-refractivity contribution in [2.45, 2.75) is 37.4 Å². The maximum absolute atomic E-state index is 16.0. The van der Waals surface area contributed by atoms with E-state index in [2.05, 4.69) is 16.5 Å². The molecule has 2 aromatic carbocycles. The number of carbonyl (C=O) groups is 1. The van der Waals surface area contributed by atoms with Gasteiger partial charge in [-0.3, -0.25) is 4.79 Å². The second kappa shape index (κ2) is 11.9. The van der Waals surface area contributed by atoms with Gasteiger partial charge in [0.05, 0.1) is 27.1 Å². The predicted octanol–water partition coefficient (Wildman–Crippen LogP) is 4.93. The third-order valence-corrected chi connectivity index (χ3v) is 8.96. The molecule has 242 valence electrons. The van der Waals surface area contributed by atoms with Crippen molar-refractivity contribution in [3.05, 3.63) is 88.4 Å². The molecular formula is C31H28F5N5O4S. The number of carbonyl (C=O) groups excluding carboxylic acids is 1. The summed E-state index contributed by atoms with van der Waals surface area (Å²) in [5.41, 5.74) is -5.02. The van der Waals surface area contributed by atoms with Crippen LogP contribution in [0.3, 0.4) is 0 Å². The summed E-state index contributed by atoms with van der Waals surface area (Å²) in [6.07, 6.45) is -2.82. The zero-order valence-electron chi connectivity index (χ0n) is 24.9. The van der Waals surface area contributed by atoms with Crippen LogP contribution in [0, 0.1) is 11.6 Å². The number of piperazine rings is 1. The molecule has 46 heavy (non-hydrogen) atoms. The van der Waals surface area contributed by atoms with Gasteiger partial charge in [-0.05, 0) is 49.2 Å². The molecule has 0 spiro atoms. The van der Waals surface area contributed by atoms with Gasteiger partial charge in [0.25, 0.3) is 0 Å². The number of aryl methyl sites for hydroxylation is 1. The van der Waals surface area contributed by atoms with Crippen LogP contribution in [0.1, 0.15) is 25.0 Å². The van der Waals surface area contributed by atoms with Crippen molar-refractivity contribution in [2.24, 2.45) is 0 Å². The van der Waals surface area contributed by atoms with Crippen LogP contribution in [0.4, 0.5) is 27.8 Å². The van der Waals surface area contributed by atoms with Crippen LogP contribution in [-0.2, 0) is 27.2 Å². The van der Waals surface area contributed by atoms with E-state index >= 15 is 8.78 Å². The average molecular weight is 662 g/mol. The van der Waals surface area contributed by atoms with Crippen LogP contribution in [0.5, 0.6) is 0 Å². The lowest BCUT2D eigenvalue weighted by atomic mass is 10.0. The Morgan fingerprint density at radius 2 is 1.78 bits per heavy atom. The fourth-order valence-corrected chi connectivity index (χ4v) is 6.61. The number of amides is 1. The van der Waals surface area contributed by atoms with Crippen molar-refractivity contribution in [2.75, 3.05) is 30.8 Å². The molecule has 4 aromatic rings. The molecule has 0 bridgehead atoms. The van der Waals surface area contributed by atoms with Crippen molar-refractivity contribution < 1.29 is 35.2 Å². The molecule has 2 aromatic heterocycles. The molecular weight excluding hydrogens is 633 g/mol. The molecule has 1 atom stereocenters. The number of anilines is 1. The molecule has 0 radical (unpaired) electrons. The SMILES string of the molecule is C=CC(=O)N1CCN(c2nc(=O)n(-c3c(CC)cccc3S(C)(=O)=O)c3nc(-c4c(F)cccc4C(F)(F)F)c(F)cc23)[C@@H](C)C1. The maximum atomic E-state index is 16.0. The van der Waals surface area contributed by atoms with E-state index in [-0.39, 0.29) is 53.7 Å². The second-order valence-electron chi connectivity index (χ2n) is 10.8. The topological polar surface area (TPSA) is 105 Å². The number of sulfone groups is 1. The second-order valence-corrected chi connectivity index (χ2v) is 12.8. The molecule has 15 heteroatoms. The van der Waals surface area contributed by atoms with E-state index in [1.807, 2.05) is 0 Å². The van der Waals surface area contributed by atoms with Crippen molar-refractivity contribution in [3.63, 3.8) is 0 Å². The molecule has 9 nitrogen and oxygen atoms in total. The van der Waals surface area contributed by atoms with Crippen molar-refractivity contribution >= 4 is 32.6 Å². The normalized spacial score (nSPS) is 15.8. The Balaban J connectivity index is 1.91. The standard InChI is InChI=1S/C31H28F5N5O4S/c1-5-18-9-7-12-23(46(4,44)45)27(18)41-29-19(28(38-30(41)43)40-14-13-39(16-17(40)3)24(42)6-2)15-22(33)26(37-29)25-20(31(34,35)36)10-8-11-21(25)32/h6-12,15,17H,2,5,13-14,16H2,1,3-4H3/t17-/m0/s1. The number of nitrogens with zero attached hydrogens (tertiary/aromatic N) is 5. The third-order valence-electron chi connectivity index (χ3n) is 7.83. The molecule has 1 amide bonds. The number of fused-ring (bicyclic) bond motifs is 1. The first-order valence-corrected chi connectivity index (χ1v) is 16.0. The lowest BCUT2D eigenvalue weighted by molar-refractivity contribution is -0.137. The first-order chi connectivity index (χ1) is 21.6. The van der Waals surface area contributed by atoms with E-state index in [0.717, 1.165) is 35.1 Å². The summed E-state index contributed by atoms with van der Waals surface area (Å²) in [5.74, 6) is -3.17. The van der Waals surface area contributed by atoms with E-state index < -0.39 is 61.8 Å². The number of aromatic nitrogens is 3. The molecule has 1 aliphatic heterocycles. The molecule has 3 heterocycles. The zero-order chi connectivity index (χ0) is 33.7. The van der Waals surface area contributed by atoms with Gasteiger partial charge in [-0.15, -0.1) is 0 Å². The maximum Gasteiger partial charge on any atom is 0.417 e. The lowest BCUT2D eigenvalue weighted by Crippen LogP contribution is -2.54. The fourth-order valence-electron chi connectivity index (χ4n) is 5.71. The summed E-state index contributed by atoms with van der Waals surface area (Å²) in [6.45, 7) is 7.38. The molecule has 0 unspecified atom stereocenters. The highest BCUT2D eigenvalue weighted by molar-refractivity contribution is 7.90. The Kier molecular flexibility index (Phi) is 8.49. The lowest BCUT2D eigenvalue weighted by Gasteiger charge is -2.40. The summed E-state index contributed by atoms with van der Waals surface area (Å²) >= 11 is 0. The minimum Gasteiger partial charge on any atom is -0.350 e. The summed E-state index contributed by atoms with van der Waals surface area (Å²) in [6, 6.07) is 6.72. The molecule has 1 fully saturated rings. The Morgan fingerprint density at radius 1 is 1.09 bits per heavy atom. The van der Waals surface area contributed by atoms with Crippen molar-refractivity contribution in [3.8, 4) is 16.9 Å². The minimum absolute atomic E-state index is 0.0909. The minimum atomic E-state index is -5.10. The van der Waals surface area contributed by atoms with Gasteiger partial charge in [0, 0.05) is 31.9 Å². The number of hydrogen-bond acceptors (Lipinski definition) is 7. The Hall–Kier alpha value is -4.66. The molecule has 0 saturated carbocycles. The average Bonchev–Trinajstić information content (AvgIpc) is 2.99. The number of benzene rings is 2. The van der Waals surface area contributed by atoms with Crippen LogP contribution in [0.15, 0.2) is 64.8 Å². The van der Waals surface area contributed by atoms with E-state index in [0.29, 0.717) is 11.6 Å². The largest absolute Gasteiger partial charge is 0.417 e. The van der Waals surface area contributed by atoms with Crippen LogP contribution in [0.2, 0.25) is 0 Å². The number of alkyl halides is 3. The highest BCUT2D eigenvalue weighted by Crippen LogP contribution is 2.40. The van der Waals surface area contributed by atoms with Crippen LogP contribution in [0.25, 0.3) is 28.0 Å². The first kappa shape index (κ1) is 32.7. The number of para-hydroxylation sites is 1. The van der Waals surface area contributed by atoms with E-state index in [1.54, 1.807) is 24.8 Å². The molecule has 5 rings (SSSR count). The summed E-state index contributed by atoms with van der Waals surface area (Å²) < 4.78 is 99.8. The van der Waals surface area contributed by atoms with Crippen molar-refractivity contribution in [1.29, 1.82) is 0 Å². The summed E-state index contributed by atoms with van der Waals surface area (Å²) in [4.78, 5) is 37.4. The van der Waals surface area contributed by atoms with E-state index in [4.69, 9.17) is 0 Å². The van der Waals surface area contributed by atoms with Gasteiger partial charge in [0.1, 0.15) is 17.3 Å².